The van der Waals surface area contributed by atoms with Gasteiger partial charge >= 0.3 is 0 Å². The molecule has 7 heteroatoms. The highest BCUT2D eigenvalue weighted by atomic mass is 32.2. The Labute approximate surface area is 151 Å². The highest BCUT2D eigenvalue weighted by Gasteiger charge is 2.21. The summed E-state index contributed by atoms with van der Waals surface area (Å²) >= 11 is 1.39. The van der Waals surface area contributed by atoms with Gasteiger partial charge in [-0.2, -0.15) is 0 Å². The van der Waals surface area contributed by atoms with Crippen LogP contribution in [0.3, 0.4) is 0 Å². The molecule has 0 radical (unpaired) electrons. The Kier molecular flexibility index (Phi) is 6.07. The van der Waals surface area contributed by atoms with E-state index in [1.54, 1.807) is 18.2 Å². The molecule has 1 saturated carbocycles. The fraction of sp³-hybridized carbons (Fsp3) is 0.500. The monoisotopic (exact) mass is 362 g/mol. The molecule has 1 N–H and O–H groups in total. The highest BCUT2D eigenvalue weighted by Crippen LogP contribution is 2.32. The van der Waals surface area contributed by atoms with Crippen LogP contribution in [0.25, 0.3) is 0 Å². The lowest BCUT2D eigenvalue weighted by Crippen LogP contribution is -2.25. The number of hydrogen-bond donors (Lipinski definition) is 1. The van der Waals surface area contributed by atoms with E-state index in [1.807, 2.05) is 6.92 Å². The fourth-order valence-corrected chi connectivity index (χ4v) is 4.11. The number of nitrogens with one attached hydrogen (secondary N) is 1. The normalized spacial score (nSPS) is 15.3. The first-order valence-electron chi connectivity index (χ1n) is 8.69. The number of carbonyl (C=O) groups is 1. The minimum atomic E-state index is -0.303. The third-order valence-corrected chi connectivity index (χ3v) is 5.48. The van der Waals surface area contributed by atoms with Gasteiger partial charge in [-0.05, 0) is 25.8 Å². The van der Waals surface area contributed by atoms with Crippen LogP contribution in [-0.4, -0.2) is 26.4 Å². The molecule has 1 amide bonds. The van der Waals surface area contributed by atoms with E-state index in [1.165, 1.54) is 37.1 Å². The van der Waals surface area contributed by atoms with Crippen molar-refractivity contribution >= 4 is 17.7 Å². The summed E-state index contributed by atoms with van der Waals surface area (Å²) in [4.78, 5) is 12.1. The molecule has 1 aromatic heterocycles. The van der Waals surface area contributed by atoms with E-state index in [9.17, 15) is 9.18 Å². The number of aryl methyl sites for hydroxylation is 1. The molecule has 0 atom stereocenters. The van der Waals surface area contributed by atoms with E-state index >= 15 is 0 Å². The van der Waals surface area contributed by atoms with Gasteiger partial charge in [0, 0.05) is 18.2 Å². The lowest BCUT2D eigenvalue weighted by molar-refractivity contribution is -0.118. The van der Waals surface area contributed by atoms with Gasteiger partial charge < -0.3 is 9.88 Å². The Hall–Kier alpha value is -1.89. The van der Waals surface area contributed by atoms with Crippen LogP contribution < -0.4 is 5.32 Å². The zero-order valence-electron chi connectivity index (χ0n) is 14.4. The van der Waals surface area contributed by atoms with Gasteiger partial charge in [-0.25, -0.2) is 4.39 Å². The summed E-state index contributed by atoms with van der Waals surface area (Å²) in [5.74, 6) is 0.715. The van der Waals surface area contributed by atoms with Crippen molar-refractivity contribution in [1.82, 2.24) is 20.1 Å². The Morgan fingerprint density at radius 3 is 2.80 bits per heavy atom. The third-order valence-electron chi connectivity index (χ3n) is 4.54. The summed E-state index contributed by atoms with van der Waals surface area (Å²) in [5, 5.41) is 12.0. The van der Waals surface area contributed by atoms with Crippen molar-refractivity contribution < 1.29 is 9.18 Å². The number of amides is 1. The van der Waals surface area contributed by atoms with Gasteiger partial charge in [0.05, 0.1) is 5.75 Å². The SMILES string of the molecule is Cc1nnc(SCC(=O)NCc2ccccc2F)n1C1CCCCC1. The molecule has 1 aliphatic rings. The number of halogens is 1. The van der Waals surface area contributed by atoms with Gasteiger partial charge in [0.2, 0.25) is 5.91 Å². The van der Waals surface area contributed by atoms with Gasteiger partial charge in [-0.1, -0.05) is 49.2 Å². The van der Waals surface area contributed by atoms with Crippen molar-refractivity contribution in [2.24, 2.45) is 0 Å². The molecule has 1 fully saturated rings. The standard InChI is InChI=1S/C18H23FN4OS/c1-13-21-22-18(23(13)15-8-3-2-4-9-15)25-12-17(24)20-11-14-7-5-6-10-16(14)19/h5-7,10,15H,2-4,8-9,11-12H2,1H3,(H,20,24). The number of thioether (sulfide) groups is 1. The van der Waals surface area contributed by atoms with E-state index in [0.29, 0.717) is 11.6 Å². The quantitative estimate of drug-likeness (QED) is 0.797. The third kappa shape index (κ3) is 4.60. The zero-order chi connectivity index (χ0) is 17.6. The number of benzene rings is 1. The van der Waals surface area contributed by atoms with Crippen molar-refractivity contribution in [3.8, 4) is 0 Å². The second-order valence-electron chi connectivity index (χ2n) is 6.35. The molecular formula is C18H23FN4OS. The highest BCUT2D eigenvalue weighted by molar-refractivity contribution is 7.99. The van der Waals surface area contributed by atoms with Crippen LogP contribution in [-0.2, 0) is 11.3 Å². The molecular weight excluding hydrogens is 339 g/mol. The van der Waals surface area contributed by atoms with Crippen molar-refractivity contribution in [2.75, 3.05) is 5.75 Å². The van der Waals surface area contributed by atoms with Crippen molar-refractivity contribution in [1.29, 1.82) is 0 Å². The summed E-state index contributed by atoms with van der Waals surface area (Å²) in [6, 6.07) is 6.90. The molecule has 0 bridgehead atoms. The summed E-state index contributed by atoms with van der Waals surface area (Å²) in [6.07, 6.45) is 6.04. The number of carbonyl (C=O) groups excluding carboxylic acids is 1. The Balaban J connectivity index is 1.55. The van der Waals surface area contributed by atoms with E-state index < -0.39 is 0 Å². The van der Waals surface area contributed by atoms with E-state index in [0.717, 1.165) is 23.8 Å². The summed E-state index contributed by atoms with van der Waals surface area (Å²) in [7, 11) is 0. The van der Waals surface area contributed by atoms with E-state index in [2.05, 4.69) is 20.1 Å². The Morgan fingerprint density at radius 2 is 2.04 bits per heavy atom. The number of hydrogen-bond acceptors (Lipinski definition) is 4. The molecule has 2 aromatic rings. The van der Waals surface area contributed by atoms with Crippen LogP contribution in [0.15, 0.2) is 29.4 Å². The predicted molar refractivity (Wildman–Crippen MR) is 95.9 cm³/mol. The summed E-state index contributed by atoms with van der Waals surface area (Å²) in [5.41, 5.74) is 0.488. The van der Waals surface area contributed by atoms with Gasteiger partial charge in [0.15, 0.2) is 5.16 Å². The predicted octanol–water partition coefficient (Wildman–Crippen LogP) is 3.64. The maximum Gasteiger partial charge on any atom is 0.230 e. The maximum atomic E-state index is 13.6. The number of aromatic nitrogens is 3. The molecule has 0 aliphatic heterocycles. The van der Waals surface area contributed by atoms with Crippen LogP contribution in [0.1, 0.15) is 49.5 Å². The molecule has 1 aromatic carbocycles. The van der Waals surface area contributed by atoms with Crippen LogP contribution >= 0.6 is 11.8 Å². The smallest absolute Gasteiger partial charge is 0.230 e. The van der Waals surface area contributed by atoms with Crippen LogP contribution in [0.5, 0.6) is 0 Å². The summed E-state index contributed by atoms with van der Waals surface area (Å²) < 4.78 is 15.7. The molecule has 3 rings (SSSR count). The van der Waals surface area contributed by atoms with Gasteiger partial charge in [0.1, 0.15) is 11.6 Å². The first kappa shape index (κ1) is 17.9. The minimum Gasteiger partial charge on any atom is -0.351 e. The number of rotatable bonds is 6. The molecule has 0 unspecified atom stereocenters. The van der Waals surface area contributed by atoms with E-state index in [4.69, 9.17) is 0 Å². The largest absolute Gasteiger partial charge is 0.351 e. The van der Waals surface area contributed by atoms with Gasteiger partial charge in [-0.15, -0.1) is 10.2 Å². The lowest BCUT2D eigenvalue weighted by atomic mass is 9.95. The second kappa shape index (κ2) is 8.47. The average Bonchev–Trinajstić information content (AvgIpc) is 3.00. The average molecular weight is 362 g/mol. The molecule has 0 saturated heterocycles. The van der Waals surface area contributed by atoms with Crippen molar-refractivity contribution in [2.45, 2.75) is 56.8 Å². The first-order valence-corrected chi connectivity index (χ1v) is 9.68. The fourth-order valence-electron chi connectivity index (χ4n) is 3.22. The molecule has 1 heterocycles. The van der Waals surface area contributed by atoms with Crippen LogP contribution in [0.2, 0.25) is 0 Å². The second-order valence-corrected chi connectivity index (χ2v) is 7.29. The molecule has 134 valence electrons. The number of nitrogens with zero attached hydrogens (tertiary/aromatic N) is 3. The van der Waals surface area contributed by atoms with Crippen LogP contribution in [0, 0.1) is 12.7 Å². The molecule has 25 heavy (non-hydrogen) atoms. The van der Waals surface area contributed by atoms with Crippen LogP contribution in [0.4, 0.5) is 4.39 Å². The van der Waals surface area contributed by atoms with Crippen molar-refractivity contribution in [3.05, 3.63) is 41.5 Å². The van der Waals surface area contributed by atoms with Gasteiger partial charge in [-0.3, -0.25) is 4.79 Å². The minimum absolute atomic E-state index is 0.135. The molecule has 5 nitrogen and oxygen atoms in total. The maximum absolute atomic E-state index is 13.6. The summed E-state index contributed by atoms with van der Waals surface area (Å²) in [6.45, 7) is 2.16. The topological polar surface area (TPSA) is 59.8 Å². The van der Waals surface area contributed by atoms with Gasteiger partial charge in [0.25, 0.3) is 0 Å². The first-order chi connectivity index (χ1) is 12.1. The Bertz CT molecular complexity index is 728. The Morgan fingerprint density at radius 1 is 1.28 bits per heavy atom. The molecule has 1 aliphatic carbocycles. The van der Waals surface area contributed by atoms with Crippen molar-refractivity contribution in [3.63, 3.8) is 0 Å². The molecule has 0 spiro atoms. The zero-order valence-corrected chi connectivity index (χ0v) is 15.2. The lowest BCUT2D eigenvalue weighted by Gasteiger charge is -2.24. The van der Waals surface area contributed by atoms with E-state index in [-0.39, 0.29) is 24.0 Å².